The van der Waals surface area contributed by atoms with Crippen LogP contribution in [0, 0.1) is 0 Å². The minimum Gasteiger partial charge on any atom is -0.493 e. The number of aromatic nitrogens is 8. The van der Waals surface area contributed by atoms with E-state index in [4.69, 9.17) is 45.0 Å². The number of nitrogens with two attached hydrogens (primary N) is 2. The zero-order valence-electron chi connectivity index (χ0n) is 34.4. The first-order valence-corrected chi connectivity index (χ1v) is 26.0. The van der Waals surface area contributed by atoms with Gasteiger partial charge in [0.05, 0.1) is 56.7 Å². The quantitative estimate of drug-likeness (QED) is 0.0135. The van der Waals surface area contributed by atoms with Crippen LogP contribution < -0.4 is 36.7 Å². The molecule has 2 aromatic carbocycles. The van der Waals surface area contributed by atoms with Gasteiger partial charge in [0.25, 0.3) is 5.56 Å². The van der Waals surface area contributed by atoms with Gasteiger partial charge in [0.15, 0.2) is 35.1 Å². The van der Waals surface area contributed by atoms with Gasteiger partial charge in [0.1, 0.15) is 47.8 Å². The molecule has 0 bridgehead atoms. The Hall–Kier alpha value is -5.64. The first kappa shape index (κ1) is 46.5. The zero-order chi connectivity index (χ0) is 47.0. The van der Waals surface area contributed by atoms with Crippen molar-refractivity contribution < 1.29 is 52.1 Å². The van der Waals surface area contributed by atoms with Crippen molar-refractivity contribution in [3.63, 3.8) is 0 Å². The number of aromatic amines is 1. The normalized spacial score (nSPS) is 28.8. The molecule has 4 aromatic heterocycles. The third-order valence-corrected chi connectivity index (χ3v) is 16.5. The summed E-state index contributed by atoms with van der Waals surface area (Å²) in [4.78, 5) is 51.3. The molecule has 10 atom stereocenters. The number of carbonyl (C=O) groups excluding carboxylic acids is 1. The fraction of sp³-hybridized carbons (Fsp3) is 0.361. The highest BCUT2D eigenvalue weighted by Crippen LogP contribution is 2.60. The molecule has 7 heterocycles. The molecule has 0 aliphatic carbocycles. The van der Waals surface area contributed by atoms with Gasteiger partial charge in [0, 0.05) is 10.7 Å². The lowest BCUT2D eigenvalue weighted by molar-refractivity contribution is -0.0464. The fourth-order valence-electron chi connectivity index (χ4n) is 7.52. The van der Waals surface area contributed by atoms with Crippen molar-refractivity contribution in [2.75, 3.05) is 37.8 Å². The molecule has 6 aromatic rings. The molecule has 27 nitrogen and oxygen atoms in total. The Morgan fingerprint density at radius 3 is 2.25 bits per heavy atom. The lowest BCUT2D eigenvalue weighted by Crippen LogP contribution is -2.47. The molecular weight excluding hydrogens is 961 g/mol. The molecule has 3 aliphatic heterocycles. The second-order valence-electron chi connectivity index (χ2n) is 15.0. The zero-order valence-corrected chi connectivity index (χ0v) is 37.9. The lowest BCUT2D eigenvalue weighted by atomic mass is 10.1. The summed E-state index contributed by atoms with van der Waals surface area (Å²) in [6.07, 6.45) is -4.19. The second-order valence-corrected chi connectivity index (χ2v) is 22.4. The predicted octanol–water partition coefficient (Wildman–Crippen LogP) is 2.59. The molecule has 0 amide bonds. The summed E-state index contributed by atoms with van der Waals surface area (Å²) in [6.45, 7) is -9.07. The fourth-order valence-corrected chi connectivity index (χ4v) is 12.9. The standard InChI is InChI=1S/C36H39N15O12P2S2/c37-29-25-30(41-14-40-29)50(15-42-25)33-27(52)23-22(63-33)12-60-65(57,67-13-17-1-5-20(6-2-17)61-35(55)18-3-7-19(8-4-18)58-10-9-44-49-39)48-24-21(11-59-64(56,66)47-23)62-34(28(24)53)51-16-43-26-31(51)45-36(38)46-32(26)54/h1-8,14-16,21-24,27-28,33-34,52-53H,9-13H2,(H,48,57)(H2,37,40,41)(H2,47,56,66)(H3,38,45,46,54)/t21-,22-,23-,24-,27-,28-,33-,34-,64-,65+/m1/s1. The number of thiol groups is 1. The van der Waals surface area contributed by atoms with Crippen LogP contribution in [0.15, 0.2) is 77.4 Å². The second kappa shape index (κ2) is 19.2. The average Bonchev–Trinajstić information content (AvgIpc) is 4.08. The summed E-state index contributed by atoms with van der Waals surface area (Å²) in [7, 11) is 0. The van der Waals surface area contributed by atoms with Crippen LogP contribution >= 0.6 is 37.1 Å². The molecule has 0 unspecified atom stereocenters. The molecule has 9 N–H and O–H groups in total. The van der Waals surface area contributed by atoms with E-state index in [-0.39, 0.29) is 64.3 Å². The Labute approximate surface area is 385 Å². The Morgan fingerprint density at radius 2 is 1.55 bits per heavy atom. The predicted molar refractivity (Wildman–Crippen MR) is 241 cm³/mol. The highest BCUT2D eigenvalue weighted by molar-refractivity contribution is 8.55. The summed E-state index contributed by atoms with van der Waals surface area (Å²) in [6, 6.07) is 10.1. The van der Waals surface area contributed by atoms with E-state index in [9.17, 15) is 24.4 Å². The van der Waals surface area contributed by atoms with E-state index in [0.29, 0.717) is 11.3 Å². The summed E-state index contributed by atoms with van der Waals surface area (Å²) in [5.41, 5.74) is 20.8. The SMILES string of the molecule is [N-]=[N+]=NCCOc1ccc(C(=O)Oc2ccc(CS[P@]3(=O)N[C@H]4[C@@H](O)[C@H](n5cnc6c(=O)[nH]c(N)nc65)O[C@@H]4CO[P@@](=O)(S)N[C@H]4[C@@H](O)[C@H](n5cnc6c(N)ncnc65)O[C@@H]4CO3)cc2)cc1. The number of esters is 1. The lowest BCUT2D eigenvalue weighted by Gasteiger charge is -2.31. The molecule has 3 fully saturated rings. The van der Waals surface area contributed by atoms with Gasteiger partial charge in [-0.1, -0.05) is 29.5 Å². The average molecular weight is 1000 g/mol. The van der Waals surface area contributed by atoms with Crippen molar-refractivity contribution in [3.05, 3.63) is 99.4 Å². The van der Waals surface area contributed by atoms with Crippen molar-refractivity contribution in [1.29, 1.82) is 0 Å². The summed E-state index contributed by atoms with van der Waals surface area (Å²) in [5, 5.41) is 32.8. The van der Waals surface area contributed by atoms with E-state index >= 15 is 4.57 Å². The number of rotatable bonds is 11. The highest BCUT2D eigenvalue weighted by Gasteiger charge is 2.52. The van der Waals surface area contributed by atoms with Crippen LogP contribution in [0.25, 0.3) is 32.8 Å². The minimum atomic E-state index is -4.22. The molecule has 31 heteroatoms. The van der Waals surface area contributed by atoms with Gasteiger partial charge in [-0.3, -0.25) is 28.0 Å². The summed E-state index contributed by atoms with van der Waals surface area (Å²) in [5.74, 6) is -0.0475. The molecule has 0 spiro atoms. The number of nitrogens with zero attached hydrogens (tertiary/aromatic N) is 10. The van der Waals surface area contributed by atoms with E-state index in [1.165, 1.54) is 40.2 Å². The number of azide groups is 1. The molecule has 0 radical (unpaired) electrons. The number of aliphatic hydroxyl groups is 2. The van der Waals surface area contributed by atoms with E-state index < -0.39 is 87.1 Å². The number of fused-ring (bicyclic) bond motifs is 4. The third kappa shape index (κ3) is 9.86. The van der Waals surface area contributed by atoms with Gasteiger partial charge in [-0.05, 0) is 58.9 Å². The number of anilines is 2. The van der Waals surface area contributed by atoms with Gasteiger partial charge in [0.2, 0.25) is 5.95 Å². The van der Waals surface area contributed by atoms with Crippen LogP contribution in [0.4, 0.5) is 11.8 Å². The van der Waals surface area contributed by atoms with E-state index in [1.54, 1.807) is 36.4 Å². The third-order valence-electron chi connectivity index (χ3n) is 10.7. The largest absolute Gasteiger partial charge is 0.493 e. The molecule has 67 heavy (non-hydrogen) atoms. The van der Waals surface area contributed by atoms with Crippen LogP contribution in [0.2, 0.25) is 0 Å². The Balaban J connectivity index is 0.964. The van der Waals surface area contributed by atoms with Gasteiger partial charge in [-0.25, -0.2) is 34.9 Å². The number of hydrogen-bond donors (Lipinski definition) is 8. The number of aliphatic hydroxyl groups excluding tert-OH is 2. The number of carbonyl (C=O) groups is 1. The number of benzene rings is 2. The number of nitrogens with one attached hydrogen (secondary N) is 3. The van der Waals surface area contributed by atoms with Crippen LogP contribution in [-0.4, -0.2) is 118 Å². The van der Waals surface area contributed by atoms with Gasteiger partial charge in [-0.15, -0.1) is 0 Å². The van der Waals surface area contributed by atoms with Gasteiger partial charge < -0.3 is 49.7 Å². The Kier molecular flexibility index (Phi) is 13.3. The minimum absolute atomic E-state index is 0.0239. The molecular formula is C36H39N15O12P2S2. The first-order chi connectivity index (χ1) is 32.2. The number of ether oxygens (including phenoxy) is 4. The number of nitrogen functional groups attached to an aromatic ring is 2. The van der Waals surface area contributed by atoms with Crippen LogP contribution in [-0.2, 0) is 33.4 Å². The maximum absolute atomic E-state index is 15.2. The molecule has 0 saturated carbocycles. The van der Waals surface area contributed by atoms with Crippen molar-refractivity contribution in [2.24, 2.45) is 5.11 Å². The number of hydrogen-bond acceptors (Lipinski definition) is 21. The topological polar surface area (TPSA) is 379 Å². The smallest absolute Gasteiger partial charge is 0.343 e. The van der Waals surface area contributed by atoms with Crippen LogP contribution in [0.3, 0.4) is 0 Å². The Morgan fingerprint density at radius 1 is 0.910 bits per heavy atom. The van der Waals surface area contributed by atoms with E-state index in [2.05, 4.69) is 62.4 Å². The van der Waals surface area contributed by atoms with Crippen molar-refractivity contribution in [2.45, 2.75) is 54.7 Å². The molecule has 3 aliphatic rings. The molecule has 9 rings (SSSR count). The highest BCUT2D eigenvalue weighted by atomic mass is 32.7. The Bertz CT molecular complexity index is 3010. The van der Waals surface area contributed by atoms with Gasteiger partial charge >= 0.3 is 19.4 Å². The number of imidazole rings is 2. The molecule has 3 saturated heterocycles. The van der Waals surface area contributed by atoms with Crippen LogP contribution in [0.5, 0.6) is 11.5 Å². The maximum Gasteiger partial charge on any atom is 0.343 e. The van der Waals surface area contributed by atoms with E-state index in [0.717, 1.165) is 11.4 Å². The van der Waals surface area contributed by atoms with Crippen LogP contribution in [0.1, 0.15) is 28.4 Å². The first-order valence-electron chi connectivity index (χ1n) is 20.0. The maximum atomic E-state index is 15.2. The van der Waals surface area contributed by atoms with Crippen molar-refractivity contribution >= 4 is 77.1 Å². The summed E-state index contributed by atoms with van der Waals surface area (Å²) < 4.78 is 67.5. The molecule has 352 valence electrons. The number of H-pyrrole nitrogens is 1. The van der Waals surface area contributed by atoms with Gasteiger partial charge in [-0.2, -0.15) is 4.98 Å². The monoisotopic (exact) mass is 999 g/mol. The van der Waals surface area contributed by atoms with Crippen molar-refractivity contribution in [3.8, 4) is 11.5 Å². The summed E-state index contributed by atoms with van der Waals surface area (Å²) >= 11 is 5.14. The van der Waals surface area contributed by atoms with Crippen molar-refractivity contribution in [1.82, 2.24) is 49.2 Å². The van der Waals surface area contributed by atoms with E-state index in [1.807, 2.05) is 0 Å².